The van der Waals surface area contributed by atoms with Crippen LogP contribution in [0.5, 0.6) is 0 Å². The molecule has 0 saturated carbocycles. The van der Waals surface area contributed by atoms with Crippen LogP contribution in [0.15, 0.2) is 95.5 Å². The van der Waals surface area contributed by atoms with Crippen molar-refractivity contribution in [2.24, 2.45) is 0 Å². The Kier molecular flexibility index (Phi) is 6.90. The van der Waals surface area contributed by atoms with Gasteiger partial charge in [-0.15, -0.1) is 0 Å². The summed E-state index contributed by atoms with van der Waals surface area (Å²) < 4.78 is 6.31. The molecule has 0 amide bonds. The third-order valence-corrected chi connectivity index (χ3v) is 6.51. The van der Waals surface area contributed by atoms with Crippen molar-refractivity contribution in [1.82, 2.24) is 15.2 Å². The number of para-hydroxylation sites is 1. The molecule has 2 aromatic carbocycles. The van der Waals surface area contributed by atoms with Gasteiger partial charge in [-0.05, 0) is 67.2 Å². The zero-order valence-electron chi connectivity index (χ0n) is 19.4. The molecule has 36 heavy (non-hydrogen) atoms. The van der Waals surface area contributed by atoms with Gasteiger partial charge in [-0.1, -0.05) is 24.3 Å². The highest BCUT2D eigenvalue weighted by atomic mass is 32.1. The molecule has 1 fully saturated rings. The summed E-state index contributed by atoms with van der Waals surface area (Å²) in [7, 11) is 0. The first-order valence-corrected chi connectivity index (χ1v) is 12.1. The van der Waals surface area contributed by atoms with Gasteiger partial charge < -0.3 is 20.0 Å². The maximum absolute atomic E-state index is 11.0. The molecule has 2 atom stereocenters. The average Bonchev–Trinajstić information content (AvgIpc) is 3.52. The van der Waals surface area contributed by atoms with Crippen LogP contribution in [-0.4, -0.2) is 33.0 Å². The predicted octanol–water partition coefficient (Wildman–Crippen LogP) is 5.72. The van der Waals surface area contributed by atoms with Gasteiger partial charge in [-0.25, -0.2) is 0 Å². The number of nitrogens with zero attached hydrogens (tertiary/aromatic N) is 3. The molecule has 9 heteroatoms. The second kappa shape index (κ2) is 10.6. The third kappa shape index (κ3) is 5.06. The van der Waals surface area contributed by atoms with E-state index in [0.717, 1.165) is 42.2 Å². The van der Waals surface area contributed by atoms with Crippen LogP contribution in [0.1, 0.15) is 30.0 Å². The van der Waals surface area contributed by atoms with Crippen LogP contribution in [0.4, 0.5) is 11.4 Å². The van der Waals surface area contributed by atoms with Crippen molar-refractivity contribution in [2.45, 2.75) is 18.5 Å². The van der Waals surface area contributed by atoms with Crippen LogP contribution in [0.2, 0.25) is 0 Å². The van der Waals surface area contributed by atoms with E-state index in [-0.39, 0.29) is 17.8 Å². The molecule has 5 rings (SSSR count). The molecular weight excluding hydrogens is 474 g/mol. The number of anilines is 1. The summed E-state index contributed by atoms with van der Waals surface area (Å²) >= 11 is 5.74. The second-order valence-electron chi connectivity index (χ2n) is 8.47. The molecule has 2 aromatic heterocycles. The van der Waals surface area contributed by atoms with E-state index in [2.05, 4.69) is 20.5 Å². The van der Waals surface area contributed by atoms with E-state index in [9.17, 15) is 10.1 Å². The maximum atomic E-state index is 11.0. The summed E-state index contributed by atoms with van der Waals surface area (Å²) in [6.45, 7) is 1.53. The maximum Gasteiger partial charge on any atom is 0.269 e. The van der Waals surface area contributed by atoms with E-state index in [1.165, 1.54) is 12.1 Å². The Balaban J connectivity index is 1.37. The fourth-order valence-electron chi connectivity index (χ4n) is 4.41. The number of nitro groups is 1. The SMILES string of the molecule is O=[N+]([O-])c1ccc(-c2ccc([C@@H]3[C@H](c4ccccn4)NC(=S)N3CCCNc3ccccc3)o2)cc1. The van der Waals surface area contributed by atoms with Crippen molar-refractivity contribution in [3.05, 3.63) is 113 Å². The average molecular weight is 500 g/mol. The molecule has 4 aromatic rings. The molecule has 2 N–H and O–H groups in total. The summed E-state index contributed by atoms with van der Waals surface area (Å²) in [5.41, 5.74) is 2.78. The molecule has 1 aliphatic rings. The van der Waals surface area contributed by atoms with Crippen LogP contribution in [0, 0.1) is 10.1 Å². The lowest BCUT2D eigenvalue weighted by atomic mass is 10.0. The van der Waals surface area contributed by atoms with Crippen LogP contribution in [0.25, 0.3) is 11.3 Å². The molecule has 8 nitrogen and oxygen atoms in total. The zero-order chi connectivity index (χ0) is 24.9. The molecule has 182 valence electrons. The lowest BCUT2D eigenvalue weighted by Gasteiger charge is -2.26. The molecule has 0 radical (unpaired) electrons. The zero-order valence-corrected chi connectivity index (χ0v) is 20.2. The Bertz CT molecular complexity index is 1330. The van der Waals surface area contributed by atoms with E-state index in [4.69, 9.17) is 16.6 Å². The van der Waals surface area contributed by atoms with E-state index in [1.54, 1.807) is 18.3 Å². The minimum absolute atomic E-state index is 0.0429. The molecule has 0 bridgehead atoms. The van der Waals surface area contributed by atoms with Crippen molar-refractivity contribution in [3.8, 4) is 11.3 Å². The molecule has 1 aliphatic heterocycles. The smallest absolute Gasteiger partial charge is 0.269 e. The first-order valence-electron chi connectivity index (χ1n) is 11.7. The van der Waals surface area contributed by atoms with E-state index >= 15 is 0 Å². The Morgan fingerprint density at radius 3 is 2.53 bits per heavy atom. The predicted molar refractivity (Wildman–Crippen MR) is 143 cm³/mol. The van der Waals surface area contributed by atoms with Crippen molar-refractivity contribution in [3.63, 3.8) is 0 Å². The number of benzene rings is 2. The summed E-state index contributed by atoms with van der Waals surface area (Å²) in [6, 6.07) is 25.8. The topological polar surface area (TPSA) is 96.5 Å². The quantitative estimate of drug-likeness (QED) is 0.131. The highest BCUT2D eigenvalue weighted by Gasteiger charge is 2.41. The highest BCUT2D eigenvalue weighted by Crippen LogP contribution is 2.40. The number of nitro benzene ring substituents is 1. The fourth-order valence-corrected chi connectivity index (χ4v) is 4.74. The number of hydrogen-bond donors (Lipinski definition) is 2. The summed E-state index contributed by atoms with van der Waals surface area (Å²) in [5.74, 6) is 1.39. The van der Waals surface area contributed by atoms with Crippen molar-refractivity contribution < 1.29 is 9.34 Å². The van der Waals surface area contributed by atoms with Crippen LogP contribution >= 0.6 is 12.2 Å². The number of thiocarbonyl (C=S) groups is 1. The highest BCUT2D eigenvalue weighted by molar-refractivity contribution is 7.80. The van der Waals surface area contributed by atoms with Gasteiger partial charge in [0.25, 0.3) is 5.69 Å². The van der Waals surface area contributed by atoms with E-state index in [1.807, 2.05) is 60.7 Å². The van der Waals surface area contributed by atoms with Crippen molar-refractivity contribution >= 4 is 28.7 Å². The molecule has 0 aliphatic carbocycles. The number of aromatic nitrogens is 1. The molecule has 1 saturated heterocycles. The van der Waals surface area contributed by atoms with Gasteiger partial charge in [0.1, 0.15) is 17.6 Å². The molecule has 0 unspecified atom stereocenters. The van der Waals surface area contributed by atoms with Crippen molar-refractivity contribution in [2.75, 3.05) is 18.4 Å². The number of pyridine rings is 1. The standard InChI is InChI=1S/C27H25N5O3S/c33-32(34)21-12-10-19(11-13-21)23-14-15-24(35-23)26-25(22-9-4-5-16-29-22)30-27(36)31(26)18-6-17-28-20-7-2-1-3-8-20/h1-5,7-16,25-26,28H,6,17-18H2,(H,30,36)/t25-,26+/m0/s1. The summed E-state index contributed by atoms with van der Waals surface area (Å²) in [4.78, 5) is 17.3. The van der Waals surface area contributed by atoms with Gasteiger partial charge in [0.05, 0.1) is 16.7 Å². The Hall–Kier alpha value is -4.24. The van der Waals surface area contributed by atoms with Crippen LogP contribution in [-0.2, 0) is 0 Å². The lowest BCUT2D eigenvalue weighted by Crippen LogP contribution is -2.31. The molecule has 3 heterocycles. The van der Waals surface area contributed by atoms with Gasteiger partial charge in [0.15, 0.2) is 5.11 Å². The largest absolute Gasteiger partial charge is 0.459 e. The second-order valence-corrected chi connectivity index (χ2v) is 8.86. The van der Waals surface area contributed by atoms with E-state index < -0.39 is 4.92 Å². The van der Waals surface area contributed by atoms with E-state index in [0.29, 0.717) is 10.9 Å². The number of rotatable bonds is 9. The first kappa shape index (κ1) is 23.5. The van der Waals surface area contributed by atoms with Gasteiger partial charge in [0.2, 0.25) is 0 Å². The number of non-ortho nitro benzene ring substituents is 1. The Labute approximate surface area is 214 Å². The number of hydrogen-bond acceptors (Lipinski definition) is 6. The lowest BCUT2D eigenvalue weighted by molar-refractivity contribution is -0.384. The van der Waals surface area contributed by atoms with Gasteiger partial charge in [-0.2, -0.15) is 0 Å². The van der Waals surface area contributed by atoms with Crippen LogP contribution in [0.3, 0.4) is 0 Å². The first-order chi connectivity index (χ1) is 17.6. The summed E-state index contributed by atoms with van der Waals surface area (Å²) in [5, 5.41) is 18.5. The van der Waals surface area contributed by atoms with Gasteiger partial charge in [-0.3, -0.25) is 15.1 Å². The monoisotopic (exact) mass is 499 g/mol. The van der Waals surface area contributed by atoms with Crippen LogP contribution < -0.4 is 10.6 Å². The van der Waals surface area contributed by atoms with Crippen molar-refractivity contribution in [1.29, 1.82) is 0 Å². The Morgan fingerprint density at radius 1 is 1.03 bits per heavy atom. The number of nitrogens with one attached hydrogen (secondary N) is 2. The minimum Gasteiger partial charge on any atom is -0.459 e. The Morgan fingerprint density at radius 2 is 1.81 bits per heavy atom. The third-order valence-electron chi connectivity index (χ3n) is 6.16. The van der Waals surface area contributed by atoms with Gasteiger partial charge >= 0.3 is 0 Å². The fraction of sp³-hybridized carbons (Fsp3) is 0.185. The van der Waals surface area contributed by atoms with Gasteiger partial charge in [0, 0.05) is 42.7 Å². The number of furan rings is 1. The minimum atomic E-state index is -0.412. The summed E-state index contributed by atoms with van der Waals surface area (Å²) in [6.07, 6.45) is 2.64. The molecule has 0 spiro atoms. The molecular formula is C27H25N5O3S. The normalized spacial score (nSPS) is 17.1.